The number of nitriles is 1. The second-order valence-corrected chi connectivity index (χ2v) is 6.41. The molecule has 1 amide bonds. The van der Waals surface area contributed by atoms with Crippen molar-refractivity contribution in [3.63, 3.8) is 0 Å². The maximum atomic E-state index is 12.5. The summed E-state index contributed by atoms with van der Waals surface area (Å²) in [6.07, 6.45) is 4.58. The molecule has 0 aliphatic carbocycles. The number of rotatable bonds is 4. The van der Waals surface area contributed by atoms with Crippen LogP contribution < -0.4 is 4.74 Å². The van der Waals surface area contributed by atoms with Gasteiger partial charge in [0, 0.05) is 18.6 Å². The predicted octanol–water partition coefficient (Wildman–Crippen LogP) is 2.02. The number of likely N-dealkylation sites (tertiary alicyclic amines) is 2. The average molecular weight is 313 g/mol. The third kappa shape index (κ3) is 3.48. The molecule has 0 N–H and O–H groups in total. The Balaban J connectivity index is 1.57. The van der Waals surface area contributed by atoms with E-state index < -0.39 is 0 Å². The van der Waals surface area contributed by atoms with Gasteiger partial charge in [-0.25, -0.2) is 0 Å². The van der Waals surface area contributed by atoms with Gasteiger partial charge in [0.15, 0.2) is 6.61 Å². The molecule has 2 heterocycles. The summed E-state index contributed by atoms with van der Waals surface area (Å²) in [5, 5.41) is 8.79. The molecular formula is C18H23N3O2. The summed E-state index contributed by atoms with van der Waals surface area (Å²) in [6, 6.07) is 9.77. The summed E-state index contributed by atoms with van der Waals surface area (Å²) >= 11 is 0. The largest absolute Gasteiger partial charge is 0.484 e. The average Bonchev–Trinajstić information content (AvgIpc) is 3.21. The fourth-order valence-corrected chi connectivity index (χ4v) is 3.78. The maximum absolute atomic E-state index is 12.5. The Labute approximate surface area is 137 Å². The maximum Gasteiger partial charge on any atom is 0.260 e. The number of carbonyl (C=O) groups excluding carboxylic acids is 1. The van der Waals surface area contributed by atoms with Crippen LogP contribution >= 0.6 is 0 Å². The summed E-state index contributed by atoms with van der Waals surface area (Å²) in [5.41, 5.74) is 0.590. The second-order valence-electron chi connectivity index (χ2n) is 6.41. The van der Waals surface area contributed by atoms with E-state index in [1.54, 1.807) is 24.3 Å². The Morgan fingerprint density at radius 2 is 1.91 bits per heavy atom. The van der Waals surface area contributed by atoms with Gasteiger partial charge in [-0.05, 0) is 63.5 Å². The molecule has 122 valence electrons. The standard InChI is InChI=1S/C18H23N3O2/c1-20-10-2-4-16(20)17-5-3-11-21(17)18(22)13-23-15-8-6-14(12-19)7-9-15/h6-9,16-17H,2-5,10-11,13H2,1H3/t16-,17-/m1/s1. The molecule has 5 heteroatoms. The van der Waals surface area contributed by atoms with Gasteiger partial charge in [-0.2, -0.15) is 5.26 Å². The second kappa shape index (κ2) is 7.01. The summed E-state index contributed by atoms with van der Waals surface area (Å²) in [4.78, 5) is 16.9. The van der Waals surface area contributed by atoms with Crippen LogP contribution in [0.5, 0.6) is 5.75 Å². The van der Waals surface area contributed by atoms with Gasteiger partial charge < -0.3 is 14.5 Å². The molecule has 0 saturated carbocycles. The van der Waals surface area contributed by atoms with E-state index in [0.717, 1.165) is 25.9 Å². The van der Waals surface area contributed by atoms with E-state index in [1.165, 1.54) is 12.8 Å². The summed E-state index contributed by atoms with van der Waals surface area (Å²) in [5.74, 6) is 0.697. The zero-order valence-electron chi connectivity index (χ0n) is 13.6. The lowest BCUT2D eigenvalue weighted by Crippen LogP contribution is -2.48. The predicted molar refractivity (Wildman–Crippen MR) is 87.0 cm³/mol. The van der Waals surface area contributed by atoms with Crippen molar-refractivity contribution in [1.29, 1.82) is 5.26 Å². The van der Waals surface area contributed by atoms with Gasteiger partial charge in [-0.15, -0.1) is 0 Å². The van der Waals surface area contributed by atoms with Crippen molar-refractivity contribution in [3.05, 3.63) is 29.8 Å². The van der Waals surface area contributed by atoms with Crippen LogP contribution in [0, 0.1) is 11.3 Å². The molecule has 0 spiro atoms. The molecule has 5 nitrogen and oxygen atoms in total. The zero-order valence-corrected chi connectivity index (χ0v) is 13.6. The first kappa shape index (κ1) is 15.8. The van der Waals surface area contributed by atoms with Crippen molar-refractivity contribution in [2.45, 2.75) is 37.8 Å². The molecule has 23 heavy (non-hydrogen) atoms. The first-order chi connectivity index (χ1) is 11.2. The highest BCUT2D eigenvalue weighted by molar-refractivity contribution is 5.78. The molecule has 0 radical (unpaired) electrons. The molecular weight excluding hydrogens is 290 g/mol. The van der Waals surface area contributed by atoms with Crippen molar-refractivity contribution in [1.82, 2.24) is 9.80 Å². The van der Waals surface area contributed by atoms with Gasteiger partial charge >= 0.3 is 0 Å². The highest BCUT2D eigenvalue weighted by Gasteiger charge is 2.38. The van der Waals surface area contributed by atoms with Crippen LogP contribution in [0.15, 0.2) is 24.3 Å². The normalized spacial score (nSPS) is 24.6. The number of hydrogen-bond acceptors (Lipinski definition) is 4. The van der Waals surface area contributed by atoms with Gasteiger partial charge in [0.05, 0.1) is 11.6 Å². The van der Waals surface area contributed by atoms with Crippen molar-refractivity contribution in [3.8, 4) is 11.8 Å². The van der Waals surface area contributed by atoms with Gasteiger partial charge in [-0.3, -0.25) is 4.79 Å². The third-order valence-electron chi connectivity index (χ3n) is 4.99. The van der Waals surface area contributed by atoms with E-state index in [4.69, 9.17) is 10.00 Å². The first-order valence-corrected chi connectivity index (χ1v) is 8.31. The number of nitrogens with zero attached hydrogens (tertiary/aromatic N) is 3. The molecule has 2 aliphatic rings. The van der Waals surface area contributed by atoms with Crippen molar-refractivity contribution >= 4 is 5.91 Å². The summed E-state index contributed by atoms with van der Waals surface area (Å²) in [6.45, 7) is 2.04. The molecule has 3 rings (SSSR count). The Morgan fingerprint density at radius 1 is 1.22 bits per heavy atom. The molecule has 1 aromatic carbocycles. The first-order valence-electron chi connectivity index (χ1n) is 8.31. The fourth-order valence-electron chi connectivity index (χ4n) is 3.78. The van der Waals surface area contributed by atoms with E-state index >= 15 is 0 Å². The monoisotopic (exact) mass is 313 g/mol. The fraction of sp³-hybridized carbons (Fsp3) is 0.556. The number of ether oxygens (including phenoxy) is 1. The van der Waals surface area contributed by atoms with E-state index in [0.29, 0.717) is 23.4 Å². The van der Waals surface area contributed by atoms with Crippen LogP contribution in [0.2, 0.25) is 0 Å². The highest BCUT2D eigenvalue weighted by Crippen LogP contribution is 2.29. The zero-order chi connectivity index (χ0) is 16.2. The molecule has 2 aliphatic heterocycles. The van der Waals surface area contributed by atoms with E-state index in [-0.39, 0.29) is 12.5 Å². The Hall–Kier alpha value is -2.06. The molecule has 1 aromatic rings. The van der Waals surface area contributed by atoms with Crippen LogP contribution in [0.3, 0.4) is 0 Å². The Kier molecular flexibility index (Phi) is 4.82. The minimum atomic E-state index is 0.0668. The minimum Gasteiger partial charge on any atom is -0.484 e. The van der Waals surface area contributed by atoms with Crippen molar-refractivity contribution in [2.75, 3.05) is 26.7 Å². The van der Waals surface area contributed by atoms with Gasteiger partial charge in [0.1, 0.15) is 5.75 Å². The van der Waals surface area contributed by atoms with Crippen LogP contribution in [-0.2, 0) is 4.79 Å². The van der Waals surface area contributed by atoms with E-state index in [2.05, 4.69) is 18.0 Å². The smallest absolute Gasteiger partial charge is 0.260 e. The molecule has 2 atom stereocenters. The lowest BCUT2D eigenvalue weighted by molar-refractivity contribution is -0.135. The lowest BCUT2D eigenvalue weighted by Gasteiger charge is -2.33. The number of benzene rings is 1. The quantitative estimate of drug-likeness (QED) is 0.853. The SMILES string of the molecule is CN1CCC[C@@H]1[C@H]1CCCN1C(=O)COc1ccc(C#N)cc1. The van der Waals surface area contributed by atoms with E-state index in [9.17, 15) is 4.79 Å². The summed E-state index contributed by atoms with van der Waals surface area (Å²) < 4.78 is 5.60. The van der Waals surface area contributed by atoms with Gasteiger partial charge in [-0.1, -0.05) is 0 Å². The molecule has 0 aromatic heterocycles. The van der Waals surface area contributed by atoms with Crippen LogP contribution in [0.1, 0.15) is 31.2 Å². The molecule has 2 saturated heterocycles. The minimum absolute atomic E-state index is 0.0668. The summed E-state index contributed by atoms with van der Waals surface area (Å²) in [7, 11) is 2.16. The number of likely N-dealkylation sites (N-methyl/N-ethyl adjacent to an activating group) is 1. The third-order valence-corrected chi connectivity index (χ3v) is 4.99. The van der Waals surface area contributed by atoms with Gasteiger partial charge in [0.25, 0.3) is 5.91 Å². The Morgan fingerprint density at radius 3 is 2.57 bits per heavy atom. The number of amides is 1. The topological polar surface area (TPSA) is 56.6 Å². The van der Waals surface area contributed by atoms with Crippen LogP contribution in [0.4, 0.5) is 0 Å². The van der Waals surface area contributed by atoms with Crippen LogP contribution in [-0.4, -0.2) is 54.5 Å². The molecule has 2 fully saturated rings. The van der Waals surface area contributed by atoms with Gasteiger partial charge in [0.2, 0.25) is 0 Å². The molecule has 0 unspecified atom stereocenters. The number of carbonyl (C=O) groups is 1. The van der Waals surface area contributed by atoms with Crippen molar-refractivity contribution < 1.29 is 9.53 Å². The van der Waals surface area contributed by atoms with Crippen LogP contribution in [0.25, 0.3) is 0 Å². The highest BCUT2D eigenvalue weighted by atomic mass is 16.5. The number of hydrogen-bond donors (Lipinski definition) is 0. The molecule has 0 bridgehead atoms. The lowest BCUT2D eigenvalue weighted by atomic mass is 10.0. The Bertz CT molecular complexity index is 593. The van der Waals surface area contributed by atoms with E-state index in [1.807, 2.05) is 4.90 Å². The van der Waals surface area contributed by atoms with Crippen molar-refractivity contribution in [2.24, 2.45) is 0 Å².